The Morgan fingerprint density at radius 2 is 1.85 bits per heavy atom. The van der Waals surface area contributed by atoms with Crippen LogP contribution >= 0.6 is 0 Å². The largest absolute Gasteiger partial charge is 0.493 e. The summed E-state index contributed by atoms with van der Waals surface area (Å²) in [6.07, 6.45) is -0.831. The fourth-order valence-electron chi connectivity index (χ4n) is 2.55. The van der Waals surface area contributed by atoms with Crippen molar-refractivity contribution in [1.29, 1.82) is 0 Å². The quantitative estimate of drug-likeness (QED) is 0.530. The molecule has 148 valence electrons. The standard InChI is InChI=1S/C19H26N2O5S/c1-14-8-9-15(12-19(14)27(23,24)20-2)16(22)13-21-10-11-26-18-7-5-4-6-17(18)25-3/h4-9,12,16,20-22H,10-11,13H2,1-3H3. The average molecular weight is 394 g/mol. The van der Waals surface area contributed by atoms with E-state index in [0.29, 0.717) is 35.8 Å². The molecule has 0 aliphatic carbocycles. The van der Waals surface area contributed by atoms with Crippen LogP contribution in [0.25, 0.3) is 0 Å². The van der Waals surface area contributed by atoms with Crippen molar-refractivity contribution in [2.75, 3.05) is 33.9 Å². The maximum atomic E-state index is 12.0. The van der Waals surface area contributed by atoms with Gasteiger partial charge in [0.15, 0.2) is 11.5 Å². The van der Waals surface area contributed by atoms with Gasteiger partial charge < -0.3 is 19.9 Å². The van der Waals surface area contributed by atoms with E-state index in [1.807, 2.05) is 24.3 Å². The van der Waals surface area contributed by atoms with E-state index < -0.39 is 16.1 Å². The molecular weight excluding hydrogens is 368 g/mol. The van der Waals surface area contributed by atoms with Crippen molar-refractivity contribution >= 4 is 10.0 Å². The molecule has 0 spiro atoms. The van der Waals surface area contributed by atoms with Gasteiger partial charge >= 0.3 is 0 Å². The molecule has 0 bridgehead atoms. The topological polar surface area (TPSA) is 96.9 Å². The number of benzene rings is 2. The summed E-state index contributed by atoms with van der Waals surface area (Å²) in [5.74, 6) is 1.32. The predicted molar refractivity (Wildman–Crippen MR) is 104 cm³/mol. The number of methoxy groups -OCH3 is 1. The van der Waals surface area contributed by atoms with Crippen LogP contribution < -0.4 is 19.5 Å². The highest BCUT2D eigenvalue weighted by Crippen LogP contribution is 2.25. The monoisotopic (exact) mass is 394 g/mol. The zero-order valence-electron chi connectivity index (χ0n) is 15.7. The van der Waals surface area contributed by atoms with Gasteiger partial charge in [-0.25, -0.2) is 13.1 Å². The van der Waals surface area contributed by atoms with Gasteiger partial charge in [0.05, 0.1) is 18.1 Å². The summed E-state index contributed by atoms with van der Waals surface area (Å²) in [6, 6.07) is 12.3. The molecule has 2 aromatic carbocycles. The Morgan fingerprint density at radius 1 is 1.15 bits per heavy atom. The van der Waals surface area contributed by atoms with E-state index in [2.05, 4.69) is 10.0 Å². The molecule has 2 aromatic rings. The maximum Gasteiger partial charge on any atom is 0.240 e. The number of nitrogens with one attached hydrogen (secondary N) is 2. The first-order valence-electron chi connectivity index (χ1n) is 8.57. The zero-order chi connectivity index (χ0) is 19.9. The van der Waals surface area contributed by atoms with Crippen LogP contribution in [-0.4, -0.2) is 47.4 Å². The van der Waals surface area contributed by atoms with Gasteiger partial charge in [0.25, 0.3) is 0 Å². The first kappa shape index (κ1) is 21.2. The molecule has 8 heteroatoms. The Hall–Kier alpha value is -2.13. The Bertz CT molecular complexity index is 855. The molecule has 0 aromatic heterocycles. The number of hydrogen-bond acceptors (Lipinski definition) is 6. The zero-order valence-corrected chi connectivity index (χ0v) is 16.5. The summed E-state index contributed by atoms with van der Waals surface area (Å²) in [5.41, 5.74) is 1.16. The van der Waals surface area contributed by atoms with E-state index in [1.54, 1.807) is 26.2 Å². The summed E-state index contributed by atoms with van der Waals surface area (Å²) in [4.78, 5) is 0.168. The third kappa shape index (κ3) is 5.67. The van der Waals surface area contributed by atoms with E-state index in [0.717, 1.165) is 0 Å². The third-order valence-corrected chi connectivity index (χ3v) is 5.65. The summed E-state index contributed by atoms with van der Waals surface area (Å²) in [6.45, 7) is 2.91. The molecule has 0 aliphatic heterocycles. The van der Waals surface area contributed by atoms with E-state index in [1.165, 1.54) is 13.1 Å². The Kier molecular flexibility index (Phi) is 7.61. The third-order valence-electron chi connectivity index (χ3n) is 4.10. The Labute approximate surface area is 160 Å². The Morgan fingerprint density at radius 3 is 2.52 bits per heavy atom. The molecule has 0 amide bonds. The highest BCUT2D eigenvalue weighted by molar-refractivity contribution is 7.89. The average Bonchev–Trinajstić information content (AvgIpc) is 2.68. The summed E-state index contributed by atoms with van der Waals surface area (Å²) in [5, 5.41) is 13.4. The van der Waals surface area contributed by atoms with Gasteiger partial charge in [-0.3, -0.25) is 0 Å². The molecule has 0 saturated carbocycles. The van der Waals surface area contributed by atoms with Gasteiger partial charge in [-0.1, -0.05) is 24.3 Å². The first-order chi connectivity index (χ1) is 12.9. The van der Waals surface area contributed by atoms with Crippen LogP contribution in [0.1, 0.15) is 17.2 Å². The second-order valence-corrected chi connectivity index (χ2v) is 7.81. The molecule has 0 heterocycles. The summed E-state index contributed by atoms with van der Waals surface area (Å²) < 4.78 is 37.3. The van der Waals surface area contributed by atoms with Gasteiger partial charge in [-0.15, -0.1) is 0 Å². The van der Waals surface area contributed by atoms with Gasteiger partial charge in [-0.2, -0.15) is 0 Å². The molecule has 27 heavy (non-hydrogen) atoms. The molecule has 2 rings (SSSR count). The molecule has 1 unspecified atom stereocenters. The number of aliphatic hydroxyl groups is 1. The molecule has 0 saturated heterocycles. The number of sulfonamides is 1. The molecule has 0 radical (unpaired) electrons. The predicted octanol–water partition coefficient (Wildman–Crippen LogP) is 1.61. The van der Waals surface area contributed by atoms with Gasteiger partial charge in [0.2, 0.25) is 10.0 Å². The van der Waals surface area contributed by atoms with Gasteiger partial charge in [0, 0.05) is 13.1 Å². The van der Waals surface area contributed by atoms with Crippen LogP contribution in [0.3, 0.4) is 0 Å². The lowest BCUT2D eigenvalue weighted by Crippen LogP contribution is -2.26. The molecule has 0 aliphatic rings. The fraction of sp³-hybridized carbons (Fsp3) is 0.368. The first-order valence-corrected chi connectivity index (χ1v) is 10.1. The lowest BCUT2D eigenvalue weighted by molar-refractivity contribution is 0.171. The second-order valence-electron chi connectivity index (χ2n) is 5.95. The number of para-hydroxylation sites is 2. The molecule has 7 nitrogen and oxygen atoms in total. The minimum Gasteiger partial charge on any atom is -0.493 e. The molecule has 1 atom stereocenters. The van der Waals surface area contributed by atoms with Crippen LogP contribution in [-0.2, 0) is 10.0 Å². The molecular formula is C19H26N2O5S. The fourth-order valence-corrected chi connectivity index (χ4v) is 3.55. The van der Waals surface area contributed by atoms with Crippen molar-refractivity contribution < 1.29 is 23.0 Å². The van der Waals surface area contributed by atoms with Gasteiger partial charge in [-0.05, 0) is 43.3 Å². The summed E-state index contributed by atoms with van der Waals surface area (Å²) >= 11 is 0. The van der Waals surface area contributed by atoms with Crippen molar-refractivity contribution in [3.8, 4) is 11.5 Å². The van der Waals surface area contributed by atoms with E-state index >= 15 is 0 Å². The Balaban J connectivity index is 1.87. The van der Waals surface area contributed by atoms with Crippen molar-refractivity contribution in [1.82, 2.24) is 10.0 Å². The summed E-state index contributed by atoms with van der Waals surface area (Å²) in [7, 11) is -0.618. The number of rotatable bonds is 10. The van der Waals surface area contributed by atoms with Crippen LogP contribution in [0.2, 0.25) is 0 Å². The normalized spacial score (nSPS) is 12.6. The van der Waals surface area contributed by atoms with Crippen molar-refractivity contribution in [3.63, 3.8) is 0 Å². The highest BCUT2D eigenvalue weighted by atomic mass is 32.2. The van der Waals surface area contributed by atoms with Crippen molar-refractivity contribution in [3.05, 3.63) is 53.6 Å². The van der Waals surface area contributed by atoms with Crippen LogP contribution in [0.15, 0.2) is 47.4 Å². The van der Waals surface area contributed by atoms with Crippen molar-refractivity contribution in [2.45, 2.75) is 17.9 Å². The molecule has 0 fully saturated rings. The smallest absolute Gasteiger partial charge is 0.240 e. The van der Waals surface area contributed by atoms with Crippen molar-refractivity contribution in [2.24, 2.45) is 0 Å². The van der Waals surface area contributed by atoms with Crippen LogP contribution in [0.4, 0.5) is 0 Å². The van der Waals surface area contributed by atoms with E-state index in [4.69, 9.17) is 9.47 Å². The highest BCUT2D eigenvalue weighted by Gasteiger charge is 2.17. The van der Waals surface area contributed by atoms with E-state index in [-0.39, 0.29) is 11.4 Å². The van der Waals surface area contributed by atoms with Gasteiger partial charge in [0.1, 0.15) is 6.61 Å². The number of aryl methyl sites for hydroxylation is 1. The van der Waals surface area contributed by atoms with E-state index in [9.17, 15) is 13.5 Å². The van der Waals surface area contributed by atoms with Crippen LogP contribution in [0.5, 0.6) is 11.5 Å². The number of aliphatic hydroxyl groups excluding tert-OH is 1. The number of ether oxygens (including phenoxy) is 2. The SMILES string of the molecule is CNS(=O)(=O)c1cc(C(O)CNCCOc2ccccc2OC)ccc1C. The van der Waals surface area contributed by atoms with Crippen LogP contribution in [0, 0.1) is 6.92 Å². The maximum absolute atomic E-state index is 12.0. The minimum atomic E-state index is -3.56. The lowest BCUT2D eigenvalue weighted by Gasteiger charge is -2.15. The number of hydrogen-bond donors (Lipinski definition) is 3. The minimum absolute atomic E-state index is 0.168. The second kappa shape index (κ2) is 9.70. The molecule has 3 N–H and O–H groups in total. The lowest BCUT2D eigenvalue weighted by atomic mass is 10.1.